The third-order valence-electron chi connectivity index (χ3n) is 2.28. The molecule has 78 valence electrons. The Labute approximate surface area is 89.3 Å². The molecule has 0 amide bonds. The van der Waals surface area contributed by atoms with Crippen LogP contribution in [0.3, 0.4) is 0 Å². The normalized spacial score (nSPS) is 16.1. The van der Waals surface area contributed by atoms with Gasteiger partial charge in [0.15, 0.2) is 0 Å². The van der Waals surface area contributed by atoms with E-state index in [9.17, 15) is 0 Å². The topological polar surface area (TPSA) is 29.9 Å². The van der Waals surface area contributed by atoms with Crippen molar-refractivity contribution in [2.45, 2.75) is 30.2 Å². The highest BCUT2D eigenvalue weighted by molar-refractivity contribution is 7.99. The summed E-state index contributed by atoms with van der Waals surface area (Å²) in [7, 11) is 1.96. The minimum atomic E-state index is 0.846. The molecule has 0 saturated heterocycles. The monoisotopic (exact) mass is 211 g/mol. The maximum absolute atomic E-state index is 4.13. The number of nitrogens with one attached hydrogen (secondary N) is 1. The fraction of sp³-hybridized carbons (Fsp3) is 0.700. The fourth-order valence-electron chi connectivity index (χ4n) is 1.33. The average molecular weight is 211 g/mol. The van der Waals surface area contributed by atoms with E-state index in [1.165, 1.54) is 29.9 Å². The number of aromatic nitrogens is 2. The third kappa shape index (κ3) is 3.35. The number of rotatable bonds is 6. The molecule has 0 spiro atoms. The van der Waals surface area contributed by atoms with Crippen molar-refractivity contribution in [1.82, 2.24) is 15.1 Å². The zero-order chi connectivity index (χ0) is 9.80. The Balaban J connectivity index is 1.53. The van der Waals surface area contributed by atoms with E-state index >= 15 is 0 Å². The minimum absolute atomic E-state index is 0.846. The summed E-state index contributed by atoms with van der Waals surface area (Å²) >= 11 is 1.89. The van der Waals surface area contributed by atoms with E-state index in [2.05, 4.69) is 16.6 Å². The quantitative estimate of drug-likeness (QED) is 0.573. The summed E-state index contributed by atoms with van der Waals surface area (Å²) in [6.07, 6.45) is 8.01. The van der Waals surface area contributed by atoms with Gasteiger partial charge in [-0.1, -0.05) is 0 Å². The van der Waals surface area contributed by atoms with Crippen LogP contribution in [0.2, 0.25) is 0 Å². The van der Waals surface area contributed by atoms with Crippen molar-refractivity contribution in [1.29, 1.82) is 0 Å². The van der Waals surface area contributed by atoms with Crippen molar-refractivity contribution < 1.29 is 0 Å². The molecule has 4 heteroatoms. The van der Waals surface area contributed by atoms with Gasteiger partial charge in [-0.05, 0) is 31.6 Å². The molecule has 0 radical (unpaired) electrons. The summed E-state index contributed by atoms with van der Waals surface area (Å²) in [5.41, 5.74) is 0. The predicted molar refractivity (Wildman–Crippen MR) is 59.6 cm³/mol. The number of nitrogens with zero attached hydrogens (tertiary/aromatic N) is 2. The third-order valence-corrected chi connectivity index (χ3v) is 3.32. The molecular weight excluding hydrogens is 194 g/mol. The summed E-state index contributed by atoms with van der Waals surface area (Å²) in [5, 5.41) is 7.65. The van der Waals surface area contributed by atoms with Gasteiger partial charge in [0.1, 0.15) is 0 Å². The van der Waals surface area contributed by atoms with E-state index in [4.69, 9.17) is 0 Å². The molecule has 1 aliphatic carbocycles. The highest BCUT2D eigenvalue weighted by Crippen LogP contribution is 2.19. The summed E-state index contributed by atoms with van der Waals surface area (Å²) in [6.45, 7) is 1.16. The van der Waals surface area contributed by atoms with Gasteiger partial charge in [0, 0.05) is 24.2 Å². The Hall–Kier alpha value is -0.480. The molecule has 2 rings (SSSR count). The Kier molecular flexibility index (Phi) is 3.48. The van der Waals surface area contributed by atoms with Crippen LogP contribution in [-0.4, -0.2) is 28.1 Å². The van der Waals surface area contributed by atoms with Crippen LogP contribution in [0, 0.1) is 0 Å². The second-order valence-electron chi connectivity index (χ2n) is 3.78. The van der Waals surface area contributed by atoms with E-state index in [1.54, 1.807) is 0 Å². The maximum Gasteiger partial charge on any atom is 0.0625 e. The molecular formula is C10H17N3S. The summed E-state index contributed by atoms with van der Waals surface area (Å²) in [5.74, 6) is 1.19. The van der Waals surface area contributed by atoms with Crippen molar-refractivity contribution in [2.24, 2.45) is 7.05 Å². The van der Waals surface area contributed by atoms with E-state index in [-0.39, 0.29) is 0 Å². The molecule has 0 unspecified atom stereocenters. The van der Waals surface area contributed by atoms with Crippen molar-refractivity contribution in [3.8, 4) is 0 Å². The number of hydrogen-bond donors (Lipinski definition) is 1. The molecule has 1 saturated carbocycles. The lowest BCUT2D eigenvalue weighted by Crippen LogP contribution is -2.17. The highest BCUT2D eigenvalue weighted by Gasteiger charge is 2.19. The average Bonchev–Trinajstić information content (AvgIpc) is 2.89. The van der Waals surface area contributed by atoms with Crippen molar-refractivity contribution >= 4 is 11.8 Å². The first-order valence-electron chi connectivity index (χ1n) is 5.19. The molecule has 0 bridgehead atoms. The summed E-state index contributed by atoms with van der Waals surface area (Å²) in [6, 6.07) is 0.846. The Morgan fingerprint density at radius 3 is 3.14 bits per heavy atom. The first kappa shape index (κ1) is 10.1. The van der Waals surface area contributed by atoms with Crippen molar-refractivity contribution in [3.63, 3.8) is 0 Å². The Morgan fingerprint density at radius 1 is 1.64 bits per heavy atom. The lowest BCUT2D eigenvalue weighted by Gasteiger charge is -2.00. The van der Waals surface area contributed by atoms with E-state index in [1.807, 2.05) is 29.7 Å². The number of hydrogen-bond acceptors (Lipinski definition) is 3. The SMILES string of the molecule is Cn1cc(SCCCNC2CC2)cn1. The Morgan fingerprint density at radius 2 is 2.50 bits per heavy atom. The molecule has 3 nitrogen and oxygen atoms in total. The molecule has 0 aliphatic heterocycles. The molecule has 0 atom stereocenters. The predicted octanol–water partition coefficient (Wildman–Crippen LogP) is 1.65. The first-order chi connectivity index (χ1) is 6.84. The molecule has 1 N–H and O–H groups in total. The molecule has 1 heterocycles. The lowest BCUT2D eigenvalue weighted by molar-refractivity contribution is 0.674. The van der Waals surface area contributed by atoms with Crippen LogP contribution in [0.15, 0.2) is 17.3 Å². The van der Waals surface area contributed by atoms with Crippen LogP contribution in [-0.2, 0) is 7.05 Å². The second-order valence-corrected chi connectivity index (χ2v) is 4.95. The highest BCUT2D eigenvalue weighted by atomic mass is 32.2. The van der Waals surface area contributed by atoms with Gasteiger partial charge in [0.05, 0.1) is 6.20 Å². The molecule has 1 aromatic heterocycles. The number of aryl methyl sites for hydroxylation is 1. The zero-order valence-corrected chi connectivity index (χ0v) is 9.39. The van der Waals surface area contributed by atoms with Gasteiger partial charge in [-0.25, -0.2) is 0 Å². The van der Waals surface area contributed by atoms with Crippen LogP contribution in [0.1, 0.15) is 19.3 Å². The summed E-state index contributed by atoms with van der Waals surface area (Å²) in [4.78, 5) is 1.28. The first-order valence-corrected chi connectivity index (χ1v) is 6.18. The minimum Gasteiger partial charge on any atom is -0.314 e. The standard InChI is InChI=1S/C10H17N3S/c1-13-8-10(7-12-13)14-6-2-5-11-9-3-4-9/h7-9,11H,2-6H2,1H3. The van der Waals surface area contributed by atoms with Gasteiger partial charge < -0.3 is 5.32 Å². The Bertz CT molecular complexity index is 281. The van der Waals surface area contributed by atoms with Gasteiger partial charge in [-0.2, -0.15) is 5.10 Å². The van der Waals surface area contributed by atoms with Crippen molar-refractivity contribution in [2.75, 3.05) is 12.3 Å². The summed E-state index contributed by atoms with van der Waals surface area (Å²) < 4.78 is 1.85. The van der Waals surface area contributed by atoms with Gasteiger partial charge in [0.25, 0.3) is 0 Å². The smallest absolute Gasteiger partial charge is 0.0625 e. The van der Waals surface area contributed by atoms with Crippen LogP contribution < -0.4 is 5.32 Å². The lowest BCUT2D eigenvalue weighted by atomic mass is 10.5. The van der Waals surface area contributed by atoms with E-state index in [0.717, 1.165) is 12.6 Å². The van der Waals surface area contributed by atoms with Crippen LogP contribution in [0.25, 0.3) is 0 Å². The zero-order valence-electron chi connectivity index (χ0n) is 8.57. The van der Waals surface area contributed by atoms with Gasteiger partial charge in [0.2, 0.25) is 0 Å². The number of thioether (sulfide) groups is 1. The molecule has 1 fully saturated rings. The van der Waals surface area contributed by atoms with Gasteiger partial charge in [-0.15, -0.1) is 11.8 Å². The molecule has 1 aromatic rings. The van der Waals surface area contributed by atoms with Crippen LogP contribution in [0.4, 0.5) is 0 Å². The maximum atomic E-state index is 4.13. The fourth-order valence-corrected chi connectivity index (χ4v) is 2.20. The molecule has 1 aliphatic rings. The van der Waals surface area contributed by atoms with Crippen LogP contribution >= 0.6 is 11.8 Å². The molecule has 0 aromatic carbocycles. The largest absolute Gasteiger partial charge is 0.314 e. The van der Waals surface area contributed by atoms with Gasteiger partial charge >= 0.3 is 0 Å². The van der Waals surface area contributed by atoms with E-state index in [0.29, 0.717) is 0 Å². The van der Waals surface area contributed by atoms with Gasteiger partial charge in [-0.3, -0.25) is 4.68 Å². The van der Waals surface area contributed by atoms with E-state index < -0.39 is 0 Å². The van der Waals surface area contributed by atoms with Crippen LogP contribution in [0.5, 0.6) is 0 Å². The molecule has 14 heavy (non-hydrogen) atoms. The van der Waals surface area contributed by atoms with Crippen molar-refractivity contribution in [3.05, 3.63) is 12.4 Å². The second kappa shape index (κ2) is 4.84.